The number of para-hydroxylation sites is 1. The van der Waals surface area contributed by atoms with Gasteiger partial charge in [0.1, 0.15) is 6.04 Å². The Kier molecular flexibility index (Phi) is 22.2. The minimum Gasteiger partial charge on any atom is -0.382 e. The number of carbonyl (C=O) groups is 1. The smallest absolute Gasteiger partial charge is 0.382 e. The Morgan fingerprint density at radius 2 is 1.47 bits per heavy atom. The van der Waals surface area contributed by atoms with Crippen molar-refractivity contribution in [3.63, 3.8) is 0 Å². The fourth-order valence-corrected chi connectivity index (χ4v) is 5.59. The minimum absolute atomic E-state index is 0.0591. The van der Waals surface area contributed by atoms with Crippen LogP contribution in [0.5, 0.6) is 0 Å². The first kappa shape index (κ1) is 40.8. The van der Waals surface area contributed by atoms with E-state index in [2.05, 4.69) is 34.7 Å². The van der Waals surface area contributed by atoms with Gasteiger partial charge in [-0.3, -0.25) is 10.1 Å². The third-order valence-electron chi connectivity index (χ3n) is 8.32. The second-order valence-corrected chi connectivity index (χ2v) is 12.3. The van der Waals surface area contributed by atoms with E-state index in [1.54, 1.807) is 13.3 Å². The highest BCUT2D eigenvalue weighted by molar-refractivity contribution is 5.86. The number of unbranched alkanes of at least 4 members (excludes halogenated alkanes) is 11. The van der Waals surface area contributed by atoms with Gasteiger partial charge in [0.2, 0.25) is 5.91 Å². The minimum atomic E-state index is -4.46. The summed E-state index contributed by atoms with van der Waals surface area (Å²) in [4.78, 5) is 16.4. The summed E-state index contributed by atoms with van der Waals surface area (Å²) in [5.74, 6) is -0.476. The summed E-state index contributed by atoms with van der Waals surface area (Å²) in [5.41, 5.74) is 1.67. The van der Waals surface area contributed by atoms with Crippen molar-refractivity contribution >= 4 is 16.8 Å². The van der Waals surface area contributed by atoms with E-state index in [0.717, 1.165) is 55.0 Å². The van der Waals surface area contributed by atoms with Crippen molar-refractivity contribution in [1.29, 1.82) is 0 Å². The molecule has 0 aliphatic heterocycles. The lowest BCUT2D eigenvalue weighted by Gasteiger charge is -2.27. The first-order chi connectivity index (χ1) is 22.9. The van der Waals surface area contributed by atoms with Crippen LogP contribution in [0, 0.1) is 0 Å². The fourth-order valence-electron chi connectivity index (χ4n) is 5.59. The Hall–Kier alpha value is -2.40. The van der Waals surface area contributed by atoms with Gasteiger partial charge in [-0.15, -0.1) is 0 Å². The molecule has 2 aromatic rings. The van der Waals surface area contributed by atoms with Crippen molar-refractivity contribution in [2.45, 2.75) is 121 Å². The molecule has 2 atom stereocenters. The van der Waals surface area contributed by atoms with Gasteiger partial charge in [-0.05, 0) is 50.2 Å². The maximum Gasteiger partial charge on any atom is 0.403 e. The van der Waals surface area contributed by atoms with Crippen LogP contribution >= 0.6 is 0 Å². The number of aromatic nitrogens is 1. The first-order valence-corrected chi connectivity index (χ1v) is 17.8. The number of methoxy groups -OCH3 is 1. The van der Waals surface area contributed by atoms with E-state index in [0.29, 0.717) is 32.8 Å². The molecule has 1 amide bonds. The number of H-pyrrole nitrogens is 1. The Balaban J connectivity index is 1.79. The molecule has 10 heteroatoms. The molecule has 0 aliphatic rings. The normalized spacial score (nSPS) is 13.5. The predicted molar refractivity (Wildman–Crippen MR) is 185 cm³/mol. The molecule has 3 N–H and O–H groups in total. The fraction of sp³-hybridized carbons (Fsp3) is 0.703. The molecular formula is C37H60F3N3O4. The predicted octanol–water partition coefficient (Wildman–Crippen LogP) is 8.43. The number of hydrogen-bond acceptors (Lipinski definition) is 5. The van der Waals surface area contributed by atoms with Gasteiger partial charge in [0, 0.05) is 30.8 Å². The van der Waals surface area contributed by atoms with Gasteiger partial charge in [0.05, 0.1) is 39.1 Å². The van der Waals surface area contributed by atoms with Gasteiger partial charge < -0.3 is 24.5 Å². The summed E-state index contributed by atoms with van der Waals surface area (Å²) in [7, 11) is 1.60. The van der Waals surface area contributed by atoms with Gasteiger partial charge in [-0.1, -0.05) is 95.1 Å². The molecule has 47 heavy (non-hydrogen) atoms. The maximum absolute atomic E-state index is 14.2. The number of carbonyl (C=O) groups excluding carboxylic acids is 1. The zero-order chi connectivity index (χ0) is 34.0. The van der Waals surface area contributed by atoms with Crippen molar-refractivity contribution in [2.24, 2.45) is 0 Å². The number of amides is 1. The zero-order valence-electron chi connectivity index (χ0n) is 28.8. The molecule has 7 nitrogen and oxygen atoms in total. The average molecular weight is 668 g/mol. The average Bonchev–Trinajstić information content (AvgIpc) is 3.46. The summed E-state index contributed by atoms with van der Waals surface area (Å²) in [6.07, 6.45) is 16.0. The number of nitrogens with one attached hydrogen (secondary N) is 3. The molecule has 0 fully saturated rings. The van der Waals surface area contributed by atoms with Gasteiger partial charge in [-0.2, -0.15) is 13.2 Å². The van der Waals surface area contributed by atoms with Crippen LogP contribution in [0.3, 0.4) is 0 Å². The molecule has 0 spiro atoms. The van der Waals surface area contributed by atoms with Crippen molar-refractivity contribution in [2.75, 3.05) is 46.7 Å². The van der Waals surface area contributed by atoms with Gasteiger partial charge in [0.25, 0.3) is 0 Å². The van der Waals surface area contributed by atoms with Crippen molar-refractivity contribution in [1.82, 2.24) is 15.6 Å². The summed E-state index contributed by atoms with van der Waals surface area (Å²) in [6, 6.07) is 4.77. The van der Waals surface area contributed by atoms with E-state index < -0.39 is 24.2 Å². The van der Waals surface area contributed by atoms with Gasteiger partial charge in [0.15, 0.2) is 0 Å². The number of aromatic amines is 1. The summed E-state index contributed by atoms with van der Waals surface area (Å²) >= 11 is 0. The first-order valence-electron chi connectivity index (χ1n) is 17.8. The number of rotatable bonds is 29. The SMILES string of the molecule is CCCCCC/C=C/CCCCCCCCCC(NC(Cc1c[nH]c2ccccc12)C(=O)NCCOCCOCCOC)C(F)(F)F. The standard InChI is InChI=1S/C37H60F3N3O4/c1-3-4-5-6-7-8-9-10-11-12-13-14-15-16-17-22-35(37(38,39)40)43-34(29-31-30-42-33-21-19-18-20-32(31)33)36(44)41-23-24-46-27-28-47-26-25-45-2/h8-9,18-21,30,34-35,42-43H,3-7,10-17,22-29H2,1-2H3,(H,41,44)/b9-8+. The van der Waals surface area contributed by atoms with Crippen LogP contribution < -0.4 is 10.6 Å². The van der Waals surface area contributed by atoms with Crippen molar-refractivity contribution in [3.8, 4) is 0 Å². The van der Waals surface area contributed by atoms with Crippen LogP contribution in [0.2, 0.25) is 0 Å². The summed E-state index contributed by atoms with van der Waals surface area (Å²) in [6.45, 7) is 4.36. The van der Waals surface area contributed by atoms with Crippen LogP contribution in [0.25, 0.3) is 10.9 Å². The molecule has 1 aromatic heterocycles. The van der Waals surface area contributed by atoms with E-state index in [9.17, 15) is 18.0 Å². The van der Waals surface area contributed by atoms with Gasteiger partial charge >= 0.3 is 6.18 Å². The lowest BCUT2D eigenvalue weighted by molar-refractivity contribution is -0.160. The molecule has 0 aliphatic carbocycles. The van der Waals surface area contributed by atoms with E-state index >= 15 is 0 Å². The molecular weight excluding hydrogens is 607 g/mol. The van der Waals surface area contributed by atoms with Crippen molar-refractivity contribution < 1.29 is 32.2 Å². The Bertz CT molecular complexity index is 1090. The number of allylic oxidation sites excluding steroid dienone is 2. The van der Waals surface area contributed by atoms with E-state index in [-0.39, 0.29) is 26.0 Å². The van der Waals surface area contributed by atoms with E-state index in [1.807, 2.05) is 24.3 Å². The Labute approximate surface area is 280 Å². The summed E-state index contributed by atoms with van der Waals surface area (Å²) < 4.78 is 58.4. The zero-order valence-corrected chi connectivity index (χ0v) is 28.8. The molecule has 0 saturated carbocycles. The molecule has 1 aromatic carbocycles. The molecule has 1 heterocycles. The highest BCUT2D eigenvalue weighted by atomic mass is 19.4. The number of fused-ring (bicyclic) bond motifs is 1. The molecule has 2 unspecified atom stereocenters. The van der Waals surface area contributed by atoms with Crippen LogP contribution in [0.15, 0.2) is 42.6 Å². The Morgan fingerprint density at radius 1 is 0.851 bits per heavy atom. The van der Waals surface area contributed by atoms with Crippen LogP contribution in [-0.2, 0) is 25.4 Å². The molecule has 2 rings (SSSR count). The van der Waals surface area contributed by atoms with Crippen LogP contribution in [-0.4, -0.2) is 75.8 Å². The number of ether oxygens (including phenoxy) is 3. The van der Waals surface area contributed by atoms with Crippen molar-refractivity contribution in [3.05, 3.63) is 48.2 Å². The monoisotopic (exact) mass is 667 g/mol. The lowest BCUT2D eigenvalue weighted by atomic mass is 10.0. The topological polar surface area (TPSA) is 84.6 Å². The van der Waals surface area contributed by atoms with E-state index in [1.165, 1.54) is 38.5 Å². The molecule has 0 radical (unpaired) electrons. The third-order valence-corrected chi connectivity index (χ3v) is 8.32. The number of hydrogen-bond donors (Lipinski definition) is 3. The lowest BCUT2D eigenvalue weighted by Crippen LogP contribution is -2.54. The largest absolute Gasteiger partial charge is 0.403 e. The second kappa shape index (κ2) is 25.6. The van der Waals surface area contributed by atoms with Crippen LogP contribution in [0.1, 0.15) is 102 Å². The second-order valence-electron chi connectivity index (χ2n) is 12.3. The summed E-state index contributed by atoms with van der Waals surface area (Å²) in [5, 5.41) is 6.36. The number of benzene rings is 1. The van der Waals surface area contributed by atoms with Gasteiger partial charge in [-0.25, -0.2) is 0 Å². The van der Waals surface area contributed by atoms with E-state index in [4.69, 9.17) is 14.2 Å². The molecule has 268 valence electrons. The van der Waals surface area contributed by atoms with Crippen LogP contribution in [0.4, 0.5) is 13.2 Å². The molecule has 0 bridgehead atoms. The highest BCUT2D eigenvalue weighted by Crippen LogP contribution is 2.26. The maximum atomic E-state index is 14.2. The number of halogens is 3. The third kappa shape index (κ3) is 18.7. The Morgan fingerprint density at radius 3 is 2.15 bits per heavy atom. The quantitative estimate of drug-likeness (QED) is 0.0599. The number of alkyl halides is 3. The highest BCUT2D eigenvalue weighted by Gasteiger charge is 2.41. The molecule has 0 saturated heterocycles.